The molecule has 3 rings (SSSR count). The Hall–Kier alpha value is -2.05. The summed E-state index contributed by atoms with van der Waals surface area (Å²) in [5, 5.41) is 13.6. The van der Waals surface area contributed by atoms with Gasteiger partial charge in [-0.15, -0.1) is 0 Å². The van der Waals surface area contributed by atoms with Gasteiger partial charge in [-0.2, -0.15) is 5.10 Å². The number of aromatic nitrogens is 2. The quantitative estimate of drug-likeness (QED) is 0.823. The summed E-state index contributed by atoms with van der Waals surface area (Å²) in [6, 6.07) is 0.140. The van der Waals surface area contributed by atoms with Crippen LogP contribution in [0.2, 0.25) is 0 Å². The maximum Gasteiger partial charge on any atom is 0.407 e. The van der Waals surface area contributed by atoms with Crippen LogP contribution in [0.15, 0.2) is 0 Å². The molecule has 1 aromatic heterocycles. The first-order chi connectivity index (χ1) is 9.49. The van der Waals surface area contributed by atoms with Gasteiger partial charge in [0.15, 0.2) is 0 Å². The Kier molecular flexibility index (Phi) is 2.92. The molecule has 108 valence electrons. The normalized spacial score (nSPS) is 18.2. The third-order valence-electron chi connectivity index (χ3n) is 4.01. The van der Waals surface area contributed by atoms with Crippen LogP contribution in [-0.4, -0.2) is 55.8 Å². The number of hydrogen-bond acceptors (Lipinski definition) is 3. The summed E-state index contributed by atoms with van der Waals surface area (Å²) in [5.74, 6) is -0.0350. The average molecular weight is 278 g/mol. The predicted molar refractivity (Wildman–Crippen MR) is 70.5 cm³/mol. The van der Waals surface area contributed by atoms with Gasteiger partial charge in [0.1, 0.15) is 5.69 Å². The smallest absolute Gasteiger partial charge is 0.407 e. The summed E-state index contributed by atoms with van der Waals surface area (Å²) >= 11 is 0. The average Bonchev–Trinajstić information content (AvgIpc) is 2.76. The highest BCUT2D eigenvalue weighted by Crippen LogP contribution is 2.26. The van der Waals surface area contributed by atoms with Crippen molar-refractivity contribution in [2.75, 3.05) is 13.1 Å². The van der Waals surface area contributed by atoms with E-state index in [9.17, 15) is 9.59 Å². The van der Waals surface area contributed by atoms with E-state index in [-0.39, 0.29) is 18.5 Å². The first-order valence-corrected chi connectivity index (χ1v) is 6.86. The Balaban J connectivity index is 2.00. The van der Waals surface area contributed by atoms with Crippen molar-refractivity contribution >= 4 is 12.0 Å². The fourth-order valence-electron chi connectivity index (χ4n) is 2.92. The Bertz CT molecular complexity index is 578. The number of carboxylic acid groups (broad SMARTS) is 1. The number of rotatable bonds is 1. The lowest BCUT2D eigenvalue weighted by Gasteiger charge is -2.32. The molecular formula is C13H18N4O3. The van der Waals surface area contributed by atoms with Crippen LogP contribution in [0, 0.1) is 0 Å². The van der Waals surface area contributed by atoms with Crippen molar-refractivity contribution in [3.8, 4) is 0 Å². The van der Waals surface area contributed by atoms with E-state index in [1.165, 1.54) is 4.90 Å². The van der Waals surface area contributed by atoms with E-state index in [1.807, 2.05) is 18.7 Å². The molecule has 0 radical (unpaired) electrons. The van der Waals surface area contributed by atoms with Crippen molar-refractivity contribution in [2.24, 2.45) is 0 Å². The van der Waals surface area contributed by atoms with E-state index < -0.39 is 6.09 Å². The summed E-state index contributed by atoms with van der Waals surface area (Å²) in [4.78, 5) is 26.8. The zero-order valence-corrected chi connectivity index (χ0v) is 11.7. The number of amides is 2. The Morgan fingerprint density at radius 3 is 2.70 bits per heavy atom. The van der Waals surface area contributed by atoms with Crippen molar-refractivity contribution in [1.29, 1.82) is 0 Å². The van der Waals surface area contributed by atoms with Crippen LogP contribution in [-0.2, 0) is 19.5 Å². The number of fused-ring (bicyclic) bond motifs is 3. The summed E-state index contributed by atoms with van der Waals surface area (Å²) < 4.78 is 1.75. The first kappa shape index (κ1) is 13.0. The SMILES string of the molecule is CC(C)N1CCn2nc3c(c2C1=O)CN(C(=O)O)CC3. The minimum atomic E-state index is -0.945. The molecule has 2 aliphatic rings. The van der Waals surface area contributed by atoms with Gasteiger partial charge in [0.05, 0.1) is 18.8 Å². The second kappa shape index (κ2) is 4.50. The van der Waals surface area contributed by atoms with Gasteiger partial charge >= 0.3 is 6.09 Å². The second-order valence-electron chi connectivity index (χ2n) is 5.54. The van der Waals surface area contributed by atoms with Crippen molar-refractivity contribution in [1.82, 2.24) is 19.6 Å². The third-order valence-corrected chi connectivity index (χ3v) is 4.01. The van der Waals surface area contributed by atoms with E-state index >= 15 is 0 Å². The van der Waals surface area contributed by atoms with Gasteiger partial charge in [-0.05, 0) is 13.8 Å². The molecule has 3 heterocycles. The first-order valence-electron chi connectivity index (χ1n) is 6.86. The molecule has 2 aliphatic heterocycles. The van der Waals surface area contributed by atoms with Crippen LogP contribution in [0.25, 0.3) is 0 Å². The minimum Gasteiger partial charge on any atom is -0.465 e. The molecule has 7 nitrogen and oxygen atoms in total. The van der Waals surface area contributed by atoms with Crippen molar-refractivity contribution < 1.29 is 14.7 Å². The third kappa shape index (κ3) is 1.85. The maximum atomic E-state index is 12.6. The molecule has 0 atom stereocenters. The monoisotopic (exact) mass is 278 g/mol. The summed E-state index contributed by atoms with van der Waals surface area (Å²) in [6.45, 7) is 6.02. The number of hydrogen-bond donors (Lipinski definition) is 1. The Morgan fingerprint density at radius 2 is 2.05 bits per heavy atom. The molecule has 0 unspecified atom stereocenters. The van der Waals surface area contributed by atoms with Crippen LogP contribution < -0.4 is 0 Å². The summed E-state index contributed by atoms with van der Waals surface area (Å²) in [7, 11) is 0. The fraction of sp³-hybridized carbons (Fsp3) is 0.615. The number of carbonyl (C=O) groups excluding carboxylic acids is 1. The maximum absolute atomic E-state index is 12.6. The standard InChI is InChI=1S/C13H18N4O3/c1-8(2)16-5-6-17-11(12(16)18)9-7-15(13(19)20)4-3-10(9)14-17/h8H,3-7H2,1-2H3,(H,19,20). The van der Waals surface area contributed by atoms with E-state index in [4.69, 9.17) is 5.11 Å². The molecule has 0 aromatic carbocycles. The van der Waals surface area contributed by atoms with Gasteiger partial charge in [0.2, 0.25) is 0 Å². The van der Waals surface area contributed by atoms with Crippen molar-refractivity contribution in [2.45, 2.75) is 39.4 Å². The molecule has 0 saturated heterocycles. The minimum absolute atomic E-state index is 0.0350. The largest absolute Gasteiger partial charge is 0.465 e. The second-order valence-corrected chi connectivity index (χ2v) is 5.54. The predicted octanol–water partition coefficient (Wildman–Crippen LogP) is 0.783. The molecule has 0 fully saturated rings. The highest BCUT2D eigenvalue weighted by Gasteiger charge is 2.35. The molecule has 0 saturated carbocycles. The molecular weight excluding hydrogens is 260 g/mol. The molecule has 1 N–H and O–H groups in total. The zero-order chi connectivity index (χ0) is 14.4. The number of nitrogens with zero attached hydrogens (tertiary/aromatic N) is 4. The summed E-state index contributed by atoms with van der Waals surface area (Å²) in [5.41, 5.74) is 2.23. The van der Waals surface area contributed by atoms with Crippen LogP contribution in [0.4, 0.5) is 4.79 Å². The van der Waals surface area contributed by atoms with Crippen LogP contribution in [0.1, 0.15) is 35.6 Å². The summed E-state index contributed by atoms with van der Waals surface area (Å²) in [6.07, 6.45) is -0.365. The van der Waals surface area contributed by atoms with Gasteiger partial charge in [-0.25, -0.2) is 4.79 Å². The van der Waals surface area contributed by atoms with Gasteiger partial charge in [0, 0.05) is 31.1 Å². The highest BCUT2D eigenvalue weighted by molar-refractivity contribution is 5.95. The lowest BCUT2D eigenvalue weighted by atomic mass is 10.0. The fourth-order valence-corrected chi connectivity index (χ4v) is 2.92. The van der Waals surface area contributed by atoms with Crippen molar-refractivity contribution in [3.05, 3.63) is 17.0 Å². The van der Waals surface area contributed by atoms with Gasteiger partial charge in [-0.3, -0.25) is 9.48 Å². The molecule has 0 spiro atoms. The number of carbonyl (C=O) groups is 2. The van der Waals surface area contributed by atoms with E-state index in [2.05, 4.69) is 5.10 Å². The van der Waals surface area contributed by atoms with Crippen LogP contribution >= 0.6 is 0 Å². The van der Waals surface area contributed by atoms with E-state index in [0.717, 1.165) is 11.3 Å². The molecule has 7 heteroatoms. The van der Waals surface area contributed by atoms with Gasteiger partial charge in [0.25, 0.3) is 5.91 Å². The molecule has 0 aliphatic carbocycles. The highest BCUT2D eigenvalue weighted by atomic mass is 16.4. The van der Waals surface area contributed by atoms with Crippen molar-refractivity contribution in [3.63, 3.8) is 0 Å². The molecule has 2 amide bonds. The van der Waals surface area contributed by atoms with E-state index in [1.54, 1.807) is 4.68 Å². The van der Waals surface area contributed by atoms with E-state index in [0.29, 0.717) is 31.7 Å². The van der Waals surface area contributed by atoms with Crippen LogP contribution in [0.5, 0.6) is 0 Å². The Labute approximate surface area is 116 Å². The topological polar surface area (TPSA) is 78.7 Å². The van der Waals surface area contributed by atoms with Crippen LogP contribution in [0.3, 0.4) is 0 Å². The molecule has 20 heavy (non-hydrogen) atoms. The van der Waals surface area contributed by atoms with Gasteiger partial charge < -0.3 is 14.9 Å². The lowest BCUT2D eigenvalue weighted by Crippen LogP contribution is -2.45. The molecule has 1 aromatic rings. The Morgan fingerprint density at radius 1 is 1.30 bits per heavy atom. The van der Waals surface area contributed by atoms with Gasteiger partial charge in [-0.1, -0.05) is 0 Å². The molecule has 0 bridgehead atoms. The lowest BCUT2D eigenvalue weighted by molar-refractivity contribution is 0.0638. The zero-order valence-electron chi connectivity index (χ0n) is 11.7.